The van der Waals surface area contributed by atoms with Crippen LogP contribution in [-0.4, -0.2) is 66.2 Å². The third-order valence-corrected chi connectivity index (χ3v) is 8.31. The first kappa shape index (κ1) is 32.5. The molecule has 0 radical (unpaired) electrons. The third-order valence-electron chi connectivity index (χ3n) is 8.31. The smallest absolute Gasteiger partial charge is 0.416 e. The molecule has 2 aliphatic heterocycles. The monoisotopic (exact) mass is 605 g/mol. The second-order valence-electron chi connectivity index (χ2n) is 12.2. The molecule has 0 saturated carbocycles. The van der Waals surface area contributed by atoms with Gasteiger partial charge in [0.2, 0.25) is 0 Å². The summed E-state index contributed by atoms with van der Waals surface area (Å²) in [5.74, 6) is -3.30. The molecule has 2 saturated heterocycles. The van der Waals surface area contributed by atoms with E-state index in [1.54, 1.807) is 12.1 Å². The Morgan fingerprint density at radius 1 is 1.07 bits per heavy atom. The van der Waals surface area contributed by atoms with Crippen molar-refractivity contribution < 1.29 is 46.9 Å². The SMILES string of the molecule is COc1ccc(C(F)(F)F)cc1C(=O)CO[C@H]1[C@H](C(C)(C)C)[C@@H](C(=O)O)N(C(=O)[C@@H]2CCCCO2)[C@H]1c1ccccc1C. The fraction of sp³-hybridized carbons (Fsp3) is 0.531. The fourth-order valence-electron chi connectivity index (χ4n) is 6.29. The lowest BCUT2D eigenvalue weighted by Gasteiger charge is -2.35. The number of likely N-dealkylation sites (tertiary alicyclic amines) is 1. The predicted molar refractivity (Wildman–Crippen MR) is 151 cm³/mol. The highest BCUT2D eigenvalue weighted by atomic mass is 19.4. The van der Waals surface area contributed by atoms with Crippen LogP contribution in [0.1, 0.15) is 73.1 Å². The number of alkyl halides is 3. The minimum Gasteiger partial charge on any atom is -0.496 e. The van der Waals surface area contributed by atoms with Gasteiger partial charge in [-0.2, -0.15) is 13.2 Å². The van der Waals surface area contributed by atoms with Crippen LogP contribution in [0.15, 0.2) is 42.5 Å². The van der Waals surface area contributed by atoms with Gasteiger partial charge in [0.05, 0.1) is 30.4 Å². The van der Waals surface area contributed by atoms with Crippen LogP contribution in [0, 0.1) is 18.3 Å². The van der Waals surface area contributed by atoms with E-state index in [0.717, 1.165) is 36.6 Å². The molecule has 43 heavy (non-hydrogen) atoms. The van der Waals surface area contributed by atoms with Crippen molar-refractivity contribution >= 4 is 17.7 Å². The minimum absolute atomic E-state index is 0.0505. The lowest BCUT2D eigenvalue weighted by molar-refractivity contribution is -0.159. The van der Waals surface area contributed by atoms with Crippen LogP contribution in [0.2, 0.25) is 0 Å². The van der Waals surface area contributed by atoms with Gasteiger partial charge in [0.15, 0.2) is 5.78 Å². The summed E-state index contributed by atoms with van der Waals surface area (Å²) in [6.07, 6.45) is -4.50. The van der Waals surface area contributed by atoms with Crippen molar-refractivity contribution in [3.05, 3.63) is 64.7 Å². The number of halogens is 3. The van der Waals surface area contributed by atoms with Crippen molar-refractivity contribution in [2.24, 2.45) is 11.3 Å². The highest BCUT2D eigenvalue weighted by molar-refractivity contribution is 6.00. The number of benzene rings is 2. The summed E-state index contributed by atoms with van der Waals surface area (Å²) in [5, 5.41) is 10.6. The first-order valence-corrected chi connectivity index (χ1v) is 14.3. The first-order valence-electron chi connectivity index (χ1n) is 14.3. The average Bonchev–Trinajstić information content (AvgIpc) is 3.31. The van der Waals surface area contributed by atoms with Crippen molar-refractivity contribution in [3.63, 3.8) is 0 Å². The summed E-state index contributed by atoms with van der Waals surface area (Å²) in [5.41, 5.74) is -0.619. The predicted octanol–water partition coefficient (Wildman–Crippen LogP) is 5.86. The Labute approximate surface area is 249 Å². The number of methoxy groups -OCH3 is 1. The van der Waals surface area contributed by atoms with Gasteiger partial charge in [-0.1, -0.05) is 45.0 Å². The van der Waals surface area contributed by atoms with E-state index >= 15 is 0 Å². The molecule has 0 spiro atoms. The lowest BCUT2D eigenvalue weighted by atomic mass is 9.73. The van der Waals surface area contributed by atoms with Crippen LogP contribution in [-0.2, 0) is 25.2 Å². The molecule has 11 heteroatoms. The highest BCUT2D eigenvalue weighted by Gasteiger charge is 2.59. The molecule has 0 aliphatic carbocycles. The summed E-state index contributed by atoms with van der Waals surface area (Å²) in [6.45, 7) is 7.06. The van der Waals surface area contributed by atoms with Gasteiger partial charge in [-0.3, -0.25) is 9.59 Å². The number of ketones is 1. The molecule has 5 atom stereocenters. The zero-order chi connectivity index (χ0) is 31.7. The number of amides is 1. The summed E-state index contributed by atoms with van der Waals surface area (Å²) in [7, 11) is 1.25. The zero-order valence-electron chi connectivity index (χ0n) is 24.9. The van der Waals surface area contributed by atoms with Crippen LogP contribution in [0.5, 0.6) is 5.75 Å². The minimum atomic E-state index is -4.68. The largest absolute Gasteiger partial charge is 0.496 e. The van der Waals surface area contributed by atoms with Gasteiger partial charge >= 0.3 is 12.1 Å². The van der Waals surface area contributed by atoms with E-state index in [9.17, 15) is 32.7 Å². The van der Waals surface area contributed by atoms with Gasteiger partial charge in [0.25, 0.3) is 5.91 Å². The average molecular weight is 606 g/mol. The molecule has 234 valence electrons. The summed E-state index contributed by atoms with van der Waals surface area (Å²) < 4.78 is 57.6. The highest BCUT2D eigenvalue weighted by Crippen LogP contribution is 2.50. The second-order valence-corrected chi connectivity index (χ2v) is 12.2. The fourth-order valence-corrected chi connectivity index (χ4v) is 6.29. The molecule has 2 fully saturated rings. The number of carbonyl (C=O) groups excluding carboxylic acids is 2. The van der Waals surface area contributed by atoms with Crippen molar-refractivity contribution in [2.45, 2.75) is 77.4 Å². The van der Waals surface area contributed by atoms with E-state index in [-0.39, 0.29) is 11.3 Å². The number of rotatable bonds is 8. The standard InChI is InChI=1S/C32H38F3NO7/c1-18-10-6-7-11-20(18)26-28(43-17-22(37)21-16-19(32(33,34)35)13-14-23(21)41-5)25(31(2,3)4)27(30(39)40)36(26)29(38)24-12-8-9-15-42-24/h6-7,10-11,13-14,16,24-28H,8-9,12,15,17H2,1-5H3,(H,39,40)/t24-,25+,26-,27-,28-/m0/s1. The number of Topliss-reactive ketones (excluding diaryl/α,β-unsaturated/α-hetero) is 1. The van der Waals surface area contributed by atoms with Gasteiger partial charge < -0.3 is 24.2 Å². The first-order chi connectivity index (χ1) is 20.2. The maximum absolute atomic E-state index is 14.1. The molecule has 2 heterocycles. The Morgan fingerprint density at radius 3 is 2.33 bits per heavy atom. The Balaban J connectivity index is 1.80. The van der Waals surface area contributed by atoms with Crippen molar-refractivity contribution in [2.75, 3.05) is 20.3 Å². The van der Waals surface area contributed by atoms with Crippen LogP contribution < -0.4 is 4.74 Å². The zero-order valence-corrected chi connectivity index (χ0v) is 24.9. The van der Waals surface area contributed by atoms with Crippen LogP contribution in [0.3, 0.4) is 0 Å². The summed E-state index contributed by atoms with van der Waals surface area (Å²) in [6, 6.07) is 7.63. The number of carboxylic acid groups (broad SMARTS) is 1. The quantitative estimate of drug-likeness (QED) is 0.376. The van der Waals surface area contributed by atoms with Gasteiger partial charge in [-0.25, -0.2) is 4.79 Å². The van der Waals surface area contributed by atoms with Crippen LogP contribution in [0.25, 0.3) is 0 Å². The number of carbonyl (C=O) groups is 3. The second kappa shape index (κ2) is 12.7. The van der Waals surface area contributed by atoms with E-state index in [4.69, 9.17) is 14.2 Å². The number of hydrogen-bond donors (Lipinski definition) is 1. The van der Waals surface area contributed by atoms with Gasteiger partial charge in [0.1, 0.15) is 24.5 Å². The van der Waals surface area contributed by atoms with Gasteiger partial charge in [-0.15, -0.1) is 0 Å². The lowest BCUT2D eigenvalue weighted by Crippen LogP contribution is -2.51. The molecule has 0 unspecified atom stereocenters. The van der Waals surface area contributed by atoms with E-state index < -0.39 is 71.6 Å². The molecule has 0 bridgehead atoms. The van der Waals surface area contributed by atoms with E-state index in [1.165, 1.54) is 12.0 Å². The van der Waals surface area contributed by atoms with E-state index in [1.807, 2.05) is 39.8 Å². The van der Waals surface area contributed by atoms with Crippen LogP contribution in [0.4, 0.5) is 13.2 Å². The topological polar surface area (TPSA) is 102 Å². The maximum Gasteiger partial charge on any atom is 0.416 e. The van der Waals surface area contributed by atoms with E-state index in [0.29, 0.717) is 18.6 Å². The molecular weight excluding hydrogens is 567 g/mol. The Hall–Kier alpha value is -3.44. The molecular formula is C32H38F3NO7. The summed E-state index contributed by atoms with van der Waals surface area (Å²) >= 11 is 0. The number of aliphatic carboxylic acids is 1. The molecule has 1 amide bonds. The number of hydrogen-bond acceptors (Lipinski definition) is 6. The van der Waals surface area contributed by atoms with E-state index in [2.05, 4.69) is 0 Å². The molecule has 2 aromatic carbocycles. The summed E-state index contributed by atoms with van der Waals surface area (Å²) in [4.78, 5) is 41.8. The van der Waals surface area contributed by atoms with Crippen LogP contribution >= 0.6 is 0 Å². The Morgan fingerprint density at radius 2 is 1.77 bits per heavy atom. The third kappa shape index (κ3) is 6.72. The number of ether oxygens (including phenoxy) is 3. The molecule has 4 rings (SSSR count). The van der Waals surface area contributed by atoms with Crippen molar-refractivity contribution in [3.8, 4) is 5.75 Å². The molecule has 2 aliphatic rings. The van der Waals surface area contributed by atoms with Gasteiger partial charge in [0, 0.05) is 12.5 Å². The number of carboxylic acids is 1. The normalized spacial score (nSPS) is 24.6. The number of nitrogens with zero attached hydrogens (tertiary/aromatic N) is 1. The Kier molecular flexibility index (Phi) is 9.56. The maximum atomic E-state index is 14.1. The molecule has 0 aromatic heterocycles. The van der Waals surface area contributed by atoms with Crippen molar-refractivity contribution in [1.29, 1.82) is 0 Å². The van der Waals surface area contributed by atoms with Gasteiger partial charge in [-0.05, 0) is 60.9 Å². The molecule has 1 N–H and O–H groups in total. The van der Waals surface area contributed by atoms with Crippen molar-refractivity contribution in [1.82, 2.24) is 4.90 Å². The molecule has 8 nitrogen and oxygen atoms in total. The molecule has 2 aromatic rings. The number of aryl methyl sites for hydroxylation is 1. The Bertz CT molecular complexity index is 1350.